The van der Waals surface area contributed by atoms with Gasteiger partial charge in [-0.3, -0.25) is 0 Å². The zero-order chi connectivity index (χ0) is 12.9. The molecular formula is C11H16N2O3S. The van der Waals surface area contributed by atoms with E-state index in [2.05, 4.69) is 16.0 Å². The molecule has 0 bridgehead atoms. The molecule has 1 unspecified atom stereocenters. The van der Waals surface area contributed by atoms with Gasteiger partial charge in [0.15, 0.2) is 0 Å². The van der Waals surface area contributed by atoms with E-state index in [0.29, 0.717) is 18.7 Å². The van der Waals surface area contributed by atoms with Crippen LogP contribution in [0.5, 0.6) is 0 Å². The van der Waals surface area contributed by atoms with Crippen LogP contribution in [0.2, 0.25) is 0 Å². The highest BCUT2D eigenvalue weighted by Crippen LogP contribution is 2.14. The zero-order valence-electron chi connectivity index (χ0n) is 9.86. The molecule has 1 heterocycles. The summed E-state index contributed by atoms with van der Waals surface area (Å²) in [5.41, 5.74) is 0. The van der Waals surface area contributed by atoms with Crippen molar-refractivity contribution < 1.29 is 12.8 Å². The lowest BCUT2D eigenvalue weighted by Gasteiger charge is -2.09. The van der Waals surface area contributed by atoms with Crippen LogP contribution in [0.4, 0.5) is 0 Å². The molecule has 0 saturated heterocycles. The van der Waals surface area contributed by atoms with Crippen LogP contribution in [-0.4, -0.2) is 21.5 Å². The molecule has 2 N–H and O–H groups in total. The molecule has 94 valence electrons. The number of rotatable bonds is 6. The molecule has 0 aliphatic heterocycles. The summed E-state index contributed by atoms with van der Waals surface area (Å²) in [6.45, 7) is 2.28. The fourth-order valence-corrected chi connectivity index (χ4v) is 2.44. The largest absolute Gasteiger partial charge is 0.447 e. The first-order valence-electron chi connectivity index (χ1n) is 5.25. The predicted octanol–water partition coefficient (Wildman–Crippen LogP) is 0.689. The highest BCUT2D eigenvalue weighted by atomic mass is 32.2. The lowest BCUT2D eigenvalue weighted by atomic mass is 10.3. The van der Waals surface area contributed by atoms with Crippen molar-refractivity contribution in [2.45, 2.75) is 31.0 Å². The number of terminal acetylenes is 1. The highest BCUT2D eigenvalue weighted by Gasteiger charge is 2.21. The fraction of sp³-hybridized carbons (Fsp3) is 0.455. The average molecular weight is 256 g/mol. The third kappa shape index (κ3) is 3.60. The second kappa shape index (κ2) is 5.87. The second-order valence-corrected chi connectivity index (χ2v) is 5.14. The van der Waals surface area contributed by atoms with Gasteiger partial charge >= 0.3 is 0 Å². The van der Waals surface area contributed by atoms with Crippen LogP contribution in [0.25, 0.3) is 0 Å². The van der Waals surface area contributed by atoms with Crippen molar-refractivity contribution in [3.63, 3.8) is 0 Å². The van der Waals surface area contributed by atoms with Gasteiger partial charge in [0.05, 0.1) is 12.6 Å². The molecule has 5 nitrogen and oxygen atoms in total. The zero-order valence-corrected chi connectivity index (χ0v) is 10.7. The van der Waals surface area contributed by atoms with Crippen molar-refractivity contribution in [3.05, 3.63) is 17.9 Å². The second-order valence-electron chi connectivity index (χ2n) is 3.50. The van der Waals surface area contributed by atoms with E-state index in [1.807, 2.05) is 6.92 Å². The molecule has 0 amide bonds. The van der Waals surface area contributed by atoms with Crippen LogP contribution in [0.15, 0.2) is 21.6 Å². The normalized spacial score (nSPS) is 13.2. The minimum atomic E-state index is -3.67. The summed E-state index contributed by atoms with van der Waals surface area (Å²) in [4.78, 5) is 0. The molecule has 0 aliphatic rings. The Morgan fingerprint density at radius 3 is 2.76 bits per heavy atom. The Kier molecular flexibility index (Phi) is 4.75. The average Bonchev–Trinajstić information content (AvgIpc) is 2.76. The monoisotopic (exact) mass is 256 g/mol. The van der Waals surface area contributed by atoms with Gasteiger partial charge in [0, 0.05) is 0 Å². The van der Waals surface area contributed by atoms with Crippen molar-refractivity contribution >= 4 is 10.0 Å². The minimum absolute atomic E-state index is 0.114. The number of nitrogens with one attached hydrogen (secondary N) is 2. The Labute approximate surface area is 102 Å². The Hall–Kier alpha value is -1.29. The van der Waals surface area contributed by atoms with Crippen molar-refractivity contribution in [2.24, 2.45) is 0 Å². The maximum absolute atomic E-state index is 11.9. The molecule has 0 aromatic carbocycles. The molecule has 1 atom stereocenters. The molecule has 0 fully saturated rings. The smallest absolute Gasteiger partial charge is 0.275 e. The van der Waals surface area contributed by atoms with Gasteiger partial charge in [0.2, 0.25) is 5.09 Å². The standard InChI is InChI=1S/C11H16N2O3S/c1-4-9(5-2)13-17(14,15)11-7-6-10(16-11)8-12-3/h1,6-7,9,12-13H,5,8H2,2-3H3. The molecular weight excluding hydrogens is 240 g/mol. The van der Waals surface area contributed by atoms with E-state index in [-0.39, 0.29) is 5.09 Å². The van der Waals surface area contributed by atoms with Crippen LogP contribution < -0.4 is 10.0 Å². The Balaban J connectivity index is 2.86. The van der Waals surface area contributed by atoms with Gasteiger partial charge in [-0.25, -0.2) is 8.42 Å². The van der Waals surface area contributed by atoms with Crippen LogP contribution in [0.1, 0.15) is 19.1 Å². The predicted molar refractivity (Wildman–Crippen MR) is 64.7 cm³/mol. The fourth-order valence-electron chi connectivity index (χ4n) is 1.25. The van der Waals surface area contributed by atoms with Crippen molar-refractivity contribution in [2.75, 3.05) is 7.05 Å². The lowest BCUT2D eigenvalue weighted by molar-refractivity contribution is 0.403. The van der Waals surface area contributed by atoms with Gasteiger partial charge in [0.1, 0.15) is 5.76 Å². The minimum Gasteiger partial charge on any atom is -0.447 e. The van der Waals surface area contributed by atoms with E-state index in [1.54, 1.807) is 13.1 Å². The molecule has 1 aromatic heterocycles. The molecule has 0 radical (unpaired) electrons. The highest BCUT2D eigenvalue weighted by molar-refractivity contribution is 7.89. The number of sulfonamides is 1. The molecule has 0 spiro atoms. The maximum Gasteiger partial charge on any atom is 0.275 e. The Morgan fingerprint density at radius 1 is 1.53 bits per heavy atom. The van der Waals surface area contributed by atoms with E-state index in [4.69, 9.17) is 10.8 Å². The van der Waals surface area contributed by atoms with Crippen molar-refractivity contribution in [1.82, 2.24) is 10.0 Å². The topological polar surface area (TPSA) is 71.3 Å². The first kappa shape index (κ1) is 13.8. The summed E-state index contributed by atoms with van der Waals surface area (Å²) in [6.07, 6.45) is 5.73. The van der Waals surface area contributed by atoms with E-state index in [0.717, 1.165) is 0 Å². The van der Waals surface area contributed by atoms with Crippen LogP contribution in [0.3, 0.4) is 0 Å². The van der Waals surface area contributed by atoms with E-state index in [1.165, 1.54) is 6.07 Å². The van der Waals surface area contributed by atoms with Crippen molar-refractivity contribution in [3.8, 4) is 12.3 Å². The number of furan rings is 1. The summed E-state index contributed by atoms with van der Waals surface area (Å²) in [7, 11) is -1.92. The maximum atomic E-state index is 11.9. The van der Waals surface area contributed by atoms with Gasteiger partial charge in [-0.15, -0.1) is 6.42 Å². The number of hydrogen-bond acceptors (Lipinski definition) is 4. The van der Waals surface area contributed by atoms with E-state index >= 15 is 0 Å². The van der Waals surface area contributed by atoms with Gasteiger partial charge in [-0.05, 0) is 25.6 Å². The SMILES string of the molecule is C#CC(CC)NS(=O)(=O)c1ccc(CNC)o1. The third-order valence-corrected chi connectivity index (χ3v) is 3.50. The Bertz CT molecular complexity index is 499. The van der Waals surface area contributed by atoms with Crippen LogP contribution in [-0.2, 0) is 16.6 Å². The Morgan fingerprint density at radius 2 is 2.24 bits per heavy atom. The summed E-state index contributed by atoms with van der Waals surface area (Å²) >= 11 is 0. The van der Waals surface area contributed by atoms with Gasteiger partial charge in [-0.2, -0.15) is 4.72 Å². The molecule has 0 aliphatic carbocycles. The van der Waals surface area contributed by atoms with Crippen LogP contribution in [0, 0.1) is 12.3 Å². The first-order chi connectivity index (χ1) is 8.03. The summed E-state index contributed by atoms with van der Waals surface area (Å²) < 4.78 is 31.3. The first-order valence-corrected chi connectivity index (χ1v) is 6.73. The lowest BCUT2D eigenvalue weighted by Crippen LogP contribution is -2.32. The molecule has 0 saturated carbocycles. The summed E-state index contributed by atoms with van der Waals surface area (Å²) in [6, 6.07) is 2.51. The summed E-state index contributed by atoms with van der Waals surface area (Å²) in [5, 5.41) is 2.76. The van der Waals surface area contributed by atoms with Crippen LogP contribution >= 0.6 is 0 Å². The quantitative estimate of drug-likeness (QED) is 0.735. The molecule has 6 heteroatoms. The van der Waals surface area contributed by atoms with Gasteiger partial charge in [0.25, 0.3) is 10.0 Å². The molecule has 1 aromatic rings. The van der Waals surface area contributed by atoms with E-state index in [9.17, 15) is 8.42 Å². The third-order valence-electron chi connectivity index (χ3n) is 2.16. The van der Waals surface area contributed by atoms with Crippen molar-refractivity contribution in [1.29, 1.82) is 0 Å². The summed E-state index contributed by atoms with van der Waals surface area (Å²) in [5.74, 6) is 2.92. The van der Waals surface area contributed by atoms with E-state index < -0.39 is 16.1 Å². The molecule has 17 heavy (non-hydrogen) atoms. The number of hydrogen-bond donors (Lipinski definition) is 2. The van der Waals surface area contributed by atoms with Gasteiger partial charge < -0.3 is 9.73 Å². The van der Waals surface area contributed by atoms with Gasteiger partial charge in [-0.1, -0.05) is 12.8 Å². The molecule has 1 rings (SSSR count).